The van der Waals surface area contributed by atoms with Gasteiger partial charge >= 0.3 is 0 Å². The van der Waals surface area contributed by atoms with E-state index in [1.165, 1.54) is 0 Å². The third-order valence-corrected chi connectivity index (χ3v) is 2.91. The maximum Gasteiger partial charge on any atom is 0.191 e. The quantitative estimate of drug-likeness (QED) is 0.794. The summed E-state index contributed by atoms with van der Waals surface area (Å²) in [5.41, 5.74) is 1.25. The van der Waals surface area contributed by atoms with Crippen LogP contribution < -0.4 is 0 Å². The van der Waals surface area contributed by atoms with E-state index in [1.54, 1.807) is 16.0 Å². The number of aromatic nitrogens is 3. The molecule has 0 aromatic carbocycles. The summed E-state index contributed by atoms with van der Waals surface area (Å²) < 4.78 is 1.80. The Morgan fingerprint density at radius 2 is 2.47 bits per heavy atom. The fourth-order valence-electron chi connectivity index (χ4n) is 1.41. The number of nitriles is 1. The normalized spacial score (nSPS) is 10.1. The molecule has 0 saturated carbocycles. The number of hydrogen-bond donors (Lipinski definition) is 0. The van der Waals surface area contributed by atoms with Crippen LogP contribution in [0.3, 0.4) is 0 Å². The lowest BCUT2D eigenvalue weighted by Gasteiger charge is -2.01. The van der Waals surface area contributed by atoms with Gasteiger partial charge < -0.3 is 0 Å². The maximum atomic E-state index is 8.94. The lowest BCUT2D eigenvalue weighted by molar-refractivity contribution is 0.584. The van der Waals surface area contributed by atoms with Gasteiger partial charge in [0.25, 0.3) is 0 Å². The Kier molecular flexibility index (Phi) is 2.79. The van der Waals surface area contributed by atoms with Crippen LogP contribution >= 0.6 is 11.3 Å². The van der Waals surface area contributed by atoms with Crippen molar-refractivity contribution in [2.24, 2.45) is 0 Å². The minimum Gasteiger partial charge on any atom is -0.242 e. The zero-order valence-electron chi connectivity index (χ0n) is 8.34. The predicted molar refractivity (Wildman–Crippen MR) is 58.3 cm³/mol. The van der Waals surface area contributed by atoms with Crippen molar-refractivity contribution in [1.82, 2.24) is 15.0 Å². The Balaban J connectivity index is 2.52. The van der Waals surface area contributed by atoms with Crippen molar-refractivity contribution in [3.63, 3.8) is 0 Å². The van der Waals surface area contributed by atoms with E-state index in [9.17, 15) is 0 Å². The van der Waals surface area contributed by atoms with E-state index in [-0.39, 0.29) is 0 Å². The van der Waals surface area contributed by atoms with Crippen molar-refractivity contribution in [2.45, 2.75) is 19.9 Å². The molecule has 0 radical (unpaired) electrons. The highest BCUT2D eigenvalue weighted by molar-refractivity contribution is 7.13. The molecule has 0 N–H and O–H groups in total. The summed E-state index contributed by atoms with van der Waals surface area (Å²) in [7, 11) is 0. The van der Waals surface area contributed by atoms with Gasteiger partial charge in [0.2, 0.25) is 0 Å². The SMILES string of the molecule is CCCn1nnc(C#N)c1-c1cccs1. The summed E-state index contributed by atoms with van der Waals surface area (Å²) in [4.78, 5) is 1.05. The first kappa shape index (κ1) is 9.87. The lowest BCUT2D eigenvalue weighted by Crippen LogP contribution is -2.01. The number of hydrogen-bond acceptors (Lipinski definition) is 4. The highest BCUT2D eigenvalue weighted by Crippen LogP contribution is 2.26. The summed E-state index contributed by atoms with van der Waals surface area (Å²) in [5, 5.41) is 18.8. The second-order valence-corrected chi connectivity index (χ2v) is 4.05. The highest BCUT2D eigenvalue weighted by Gasteiger charge is 2.14. The fraction of sp³-hybridized carbons (Fsp3) is 0.300. The number of rotatable bonds is 3. The zero-order chi connectivity index (χ0) is 10.7. The number of thiophene rings is 1. The molecular formula is C10H10N4S. The van der Waals surface area contributed by atoms with Gasteiger partial charge in [0.05, 0.1) is 4.88 Å². The standard InChI is InChI=1S/C10H10N4S/c1-2-5-14-10(8(7-11)12-13-14)9-4-3-6-15-9/h3-4,6H,2,5H2,1H3. The molecule has 0 aliphatic carbocycles. The van der Waals surface area contributed by atoms with Crippen molar-refractivity contribution >= 4 is 11.3 Å². The van der Waals surface area contributed by atoms with Gasteiger partial charge in [-0.05, 0) is 17.9 Å². The number of nitrogens with zero attached hydrogens (tertiary/aromatic N) is 4. The summed E-state index contributed by atoms with van der Waals surface area (Å²) in [6.45, 7) is 2.87. The van der Waals surface area contributed by atoms with Gasteiger partial charge in [0.15, 0.2) is 5.69 Å². The molecule has 0 fully saturated rings. The van der Waals surface area contributed by atoms with Gasteiger partial charge in [0.1, 0.15) is 11.8 Å². The van der Waals surface area contributed by atoms with Crippen molar-refractivity contribution in [3.05, 3.63) is 23.2 Å². The summed E-state index contributed by atoms with van der Waals surface area (Å²) in [6.07, 6.45) is 0.979. The lowest BCUT2D eigenvalue weighted by atomic mass is 10.3. The van der Waals surface area contributed by atoms with Crippen molar-refractivity contribution < 1.29 is 0 Å². The minimum absolute atomic E-state index is 0.408. The molecule has 0 spiro atoms. The van der Waals surface area contributed by atoms with E-state index in [0.717, 1.165) is 23.5 Å². The summed E-state index contributed by atoms with van der Waals surface area (Å²) >= 11 is 1.60. The molecule has 0 atom stereocenters. The Labute approximate surface area is 91.8 Å². The van der Waals surface area contributed by atoms with Crippen LogP contribution in [0, 0.1) is 11.3 Å². The third-order valence-electron chi connectivity index (χ3n) is 2.03. The average Bonchev–Trinajstić information content (AvgIpc) is 2.85. The van der Waals surface area contributed by atoms with Crippen LogP contribution in [0.25, 0.3) is 10.6 Å². The molecule has 2 aromatic heterocycles. The Morgan fingerprint density at radius 3 is 3.07 bits per heavy atom. The van der Waals surface area contributed by atoms with Crippen molar-refractivity contribution in [1.29, 1.82) is 5.26 Å². The van der Waals surface area contributed by atoms with Crippen LogP contribution in [0.4, 0.5) is 0 Å². The van der Waals surface area contributed by atoms with Crippen LogP contribution in [-0.4, -0.2) is 15.0 Å². The van der Waals surface area contributed by atoms with Gasteiger partial charge in [0, 0.05) is 6.54 Å². The molecule has 0 aliphatic rings. The molecule has 15 heavy (non-hydrogen) atoms. The molecule has 5 heteroatoms. The van der Waals surface area contributed by atoms with Crippen LogP contribution in [0.2, 0.25) is 0 Å². The first-order valence-corrected chi connectivity index (χ1v) is 5.62. The predicted octanol–water partition coefficient (Wildman–Crippen LogP) is 2.29. The minimum atomic E-state index is 0.408. The molecule has 0 bridgehead atoms. The van der Waals surface area contributed by atoms with Crippen LogP contribution in [0.15, 0.2) is 17.5 Å². The van der Waals surface area contributed by atoms with E-state index in [4.69, 9.17) is 5.26 Å². The van der Waals surface area contributed by atoms with E-state index >= 15 is 0 Å². The van der Waals surface area contributed by atoms with Crippen LogP contribution in [0.1, 0.15) is 19.0 Å². The second-order valence-electron chi connectivity index (χ2n) is 3.10. The highest BCUT2D eigenvalue weighted by atomic mass is 32.1. The Morgan fingerprint density at radius 1 is 1.60 bits per heavy atom. The average molecular weight is 218 g/mol. The molecule has 4 nitrogen and oxygen atoms in total. The fourth-order valence-corrected chi connectivity index (χ4v) is 2.19. The molecular weight excluding hydrogens is 208 g/mol. The molecule has 0 unspecified atom stereocenters. The summed E-state index contributed by atoms with van der Waals surface area (Å²) in [5.74, 6) is 0. The van der Waals surface area contributed by atoms with Gasteiger partial charge in [-0.2, -0.15) is 5.26 Å². The van der Waals surface area contributed by atoms with Gasteiger partial charge in [-0.1, -0.05) is 18.2 Å². The maximum absolute atomic E-state index is 8.94. The van der Waals surface area contributed by atoms with Crippen molar-refractivity contribution in [3.8, 4) is 16.6 Å². The molecule has 0 saturated heterocycles. The van der Waals surface area contributed by atoms with E-state index in [1.807, 2.05) is 17.5 Å². The first-order valence-electron chi connectivity index (χ1n) is 4.74. The number of aryl methyl sites for hydroxylation is 1. The van der Waals surface area contributed by atoms with Crippen molar-refractivity contribution in [2.75, 3.05) is 0 Å². The topological polar surface area (TPSA) is 54.5 Å². The smallest absolute Gasteiger partial charge is 0.191 e. The van der Waals surface area contributed by atoms with Crippen LogP contribution in [-0.2, 0) is 6.54 Å². The molecule has 2 heterocycles. The molecule has 0 amide bonds. The zero-order valence-corrected chi connectivity index (χ0v) is 9.16. The van der Waals surface area contributed by atoms with Gasteiger partial charge in [-0.15, -0.1) is 16.4 Å². The second kappa shape index (κ2) is 4.24. The third kappa shape index (κ3) is 1.76. The van der Waals surface area contributed by atoms with Gasteiger partial charge in [-0.25, -0.2) is 4.68 Å². The van der Waals surface area contributed by atoms with E-state index in [0.29, 0.717) is 5.69 Å². The summed E-state index contributed by atoms with van der Waals surface area (Å²) in [6, 6.07) is 6.02. The van der Waals surface area contributed by atoms with E-state index in [2.05, 4.69) is 23.3 Å². The molecule has 2 rings (SSSR count). The molecule has 76 valence electrons. The first-order chi connectivity index (χ1) is 7.36. The van der Waals surface area contributed by atoms with Gasteiger partial charge in [-0.3, -0.25) is 0 Å². The van der Waals surface area contributed by atoms with Crippen LogP contribution in [0.5, 0.6) is 0 Å². The van der Waals surface area contributed by atoms with E-state index < -0.39 is 0 Å². The Hall–Kier alpha value is -1.67. The molecule has 0 aliphatic heterocycles. The monoisotopic (exact) mass is 218 g/mol. The Bertz CT molecular complexity index is 478. The largest absolute Gasteiger partial charge is 0.242 e. The molecule has 2 aromatic rings.